The monoisotopic (exact) mass is 454 g/mol. The Balaban J connectivity index is 1.34. The number of aromatic nitrogens is 3. The van der Waals surface area contributed by atoms with Crippen LogP contribution in [-0.2, 0) is 19.4 Å². The number of para-hydroxylation sites is 1. The van der Waals surface area contributed by atoms with Gasteiger partial charge in [-0.2, -0.15) is 0 Å². The number of nitrogens with one attached hydrogen (secondary N) is 2. The number of amides is 1. The summed E-state index contributed by atoms with van der Waals surface area (Å²) in [5, 5.41) is 1.69. The summed E-state index contributed by atoms with van der Waals surface area (Å²) in [6.45, 7) is 3.06. The van der Waals surface area contributed by atoms with Crippen molar-refractivity contribution in [3.8, 4) is 0 Å². The van der Waals surface area contributed by atoms with Crippen molar-refractivity contribution >= 4 is 38.4 Å². The maximum atomic E-state index is 13.5. The van der Waals surface area contributed by atoms with Crippen LogP contribution in [0.1, 0.15) is 37.9 Å². The molecule has 7 heteroatoms. The first-order valence-electron chi connectivity index (χ1n) is 11.0. The first-order valence-corrected chi connectivity index (χ1v) is 11.8. The van der Waals surface area contributed by atoms with E-state index in [1.54, 1.807) is 0 Å². The lowest BCUT2D eigenvalue weighted by Gasteiger charge is -2.27. The Morgan fingerprint density at radius 1 is 1.09 bits per heavy atom. The average molecular weight is 455 g/mol. The molecule has 0 bridgehead atoms. The van der Waals surface area contributed by atoms with Crippen molar-refractivity contribution in [3.05, 3.63) is 98.0 Å². The molecule has 5 aromatic rings. The largest absolute Gasteiger partial charge is 0.358 e. The van der Waals surface area contributed by atoms with Gasteiger partial charge in [0.05, 0.1) is 10.3 Å². The minimum absolute atomic E-state index is 0.0320. The number of benzene rings is 2. The van der Waals surface area contributed by atoms with Crippen LogP contribution in [0.4, 0.5) is 0 Å². The van der Waals surface area contributed by atoms with E-state index < -0.39 is 0 Å². The first-order chi connectivity index (χ1) is 16.1. The molecule has 1 aliphatic rings. The van der Waals surface area contributed by atoms with Crippen molar-refractivity contribution in [2.24, 2.45) is 0 Å². The third kappa shape index (κ3) is 3.36. The summed E-state index contributed by atoms with van der Waals surface area (Å²) in [5.74, 6) is 0.579. The predicted molar refractivity (Wildman–Crippen MR) is 131 cm³/mol. The number of thiophene rings is 1. The van der Waals surface area contributed by atoms with Crippen LogP contribution in [0.2, 0.25) is 0 Å². The second kappa shape index (κ2) is 7.71. The fourth-order valence-electron chi connectivity index (χ4n) is 4.75. The number of nitrogens with zero attached hydrogens (tertiary/aromatic N) is 2. The number of H-pyrrole nitrogens is 2. The van der Waals surface area contributed by atoms with Gasteiger partial charge < -0.3 is 14.9 Å². The number of fused-ring (bicyclic) bond motifs is 4. The molecule has 0 fully saturated rings. The van der Waals surface area contributed by atoms with Gasteiger partial charge in [0.1, 0.15) is 10.7 Å². The lowest BCUT2D eigenvalue weighted by Crippen LogP contribution is -2.35. The van der Waals surface area contributed by atoms with Crippen LogP contribution in [0.3, 0.4) is 0 Å². The number of carbonyl (C=O) groups is 1. The smallest absolute Gasteiger partial charge is 0.264 e. The Hall–Kier alpha value is -3.71. The molecule has 6 nitrogen and oxygen atoms in total. The Bertz CT molecular complexity index is 1580. The van der Waals surface area contributed by atoms with E-state index in [1.807, 2.05) is 54.3 Å². The third-order valence-electron chi connectivity index (χ3n) is 6.43. The van der Waals surface area contributed by atoms with Crippen LogP contribution in [0, 0.1) is 6.92 Å². The van der Waals surface area contributed by atoms with Crippen molar-refractivity contribution in [2.75, 3.05) is 6.54 Å². The predicted octanol–water partition coefficient (Wildman–Crippen LogP) is 4.56. The molecule has 6 rings (SSSR count). The number of rotatable bonds is 3. The van der Waals surface area contributed by atoms with E-state index in [1.165, 1.54) is 28.0 Å². The molecule has 33 heavy (non-hydrogen) atoms. The van der Waals surface area contributed by atoms with E-state index in [4.69, 9.17) is 4.98 Å². The normalized spacial score (nSPS) is 13.5. The number of hydrogen-bond donors (Lipinski definition) is 2. The van der Waals surface area contributed by atoms with E-state index >= 15 is 0 Å². The topological polar surface area (TPSA) is 81.8 Å². The fourth-order valence-corrected chi connectivity index (χ4v) is 5.92. The zero-order valence-corrected chi connectivity index (χ0v) is 19.0. The Kier molecular flexibility index (Phi) is 4.66. The molecule has 3 aromatic heterocycles. The minimum atomic E-state index is -0.184. The Morgan fingerprint density at radius 2 is 1.88 bits per heavy atom. The van der Waals surface area contributed by atoms with Gasteiger partial charge in [-0.25, -0.2) is 4.98 Å². The molecule has 0 unspecified atom stereocenters. The summed E-state index contributed by atoms with van der Waals surface area (Å²) < 4.78 is 0. The van der Waals surface area contributed by atoms with E-state index in [9.17, 15) is 9.59 Å². The van der Waals surface area contributed by atoms with Crippen LogP contribution in [-0.4, -0.2) is 32.3 Å². The zero-order valence-electron chi connectivity index (χ0n) is 18.1. The van der Waals surface area contributed by atoms with Crippen LogP contribution in [0.5, 0.6) is 0 Å². The van der Waals surface area contributed by atoms with E-state index in [0.29, 0.717) is 46.0 Å². The molecule has 0 saturated heterocycles. The SMILES string of the molecule is Cc1c(C(=O)N2CCc3[nH]c4ccccc4c3C2)sc2nc(Cc3ccccc3)[nH]c(=O)c12. The van der Waals surface area contributed by atoms with Gasteiger partial charge in [0, 0.05) is 48.1 Å². The van der Waals surface area contributed by atoms with Gasteiger partial charge in [-0.05, 0) is 24.1 Å². The maximum absolute atomic E-state index is 13.5. The molecule has 164 valence electrons. The molecule has 0 saturated carbocycles. The number of carbonyl (C=O) groups excluding carboxylic acids is 1. The van der Waals surface area contributed by atoms with Gasteiger partial charge in [0.15, 0.2) is 0 Å². The lowest BCUT2D eigenvalue weighted by molar-refractivity contribution is 0.0739. The highest BCUT2D eigenvalue weighted by atomic mass is 32.1. The second-order valence-electron chi connectivity index (χ2n) is 8.52. The van der Waals surface area contributed by atoms with Crippen molar-refractivity contribution in [3.63, 3.8) is 0 Å². The summed E-state index contributed by atoms with van der Waals surface area (Å²) >= 11 is 1.32. The van der Waals surface area contributed by atoms with Crippen LogP contribution in [0.15, 0.2) is 59.4 Å². The fraction of sp³-hybridized carbons (Fsp3) is 0.192. The molecule has 4 heterocycles. The van der Waals surface area contributed by atoms with E-state index in [-0.39, 0.29) is 11.5 Å². The number of aryl methyl sites for hydroxylation is 1. The van der Waals surface area contributed by atoms with Gasteiger partial charge >= 0.3 is 0 Å². The van der Waals surface area contributed by atoms with E-state index in [0.717, 1.165) is 17.5 Å². The summed E-state index contributed by atoms with van der Waals surface area (Å²) in [4.78, 5) is 40.6. The van der Waals surface area contributed by atoms with Gasteiger partial charge in [0.2, 0.25) is 0 Å². The molecule has 0 spiro atoms. The van der Waals surface area contributed by atoms with Crippen molar-refractivity contribution in [1.82, 2.24) is 19.9 Å². The number of aromatic amines is 2. The Morgan fingerprint density at radius 3 is 2.73 bits per heavy atom. The summed E-state index contributed by atoms with van der Waals surface area (Å²) in [7, 11) is 0. The average Bonchev–Trinajstić information content (AvgIpc) is 3.36. The van der Waals surface area contributed by atoms with E-state index in [2.05, 4.69) is 22.1 Å². The molecule has 1 aliphatic heterocycles. The highest BCUT2D eigenvalue weighted by Gasteiger charge is 2.28. The molecular formula is C26H22N4O2S. The minimum Gasteiger partial charge on any atom is -0.358 e. The standard InChI is InChI=1S/C26H22N4O2S/c1-15-22-24(31)28-21(13-16-7-3-2-4-8-16)29-25(22)33-23(15)26(32)30-12-11-20-18(14-30)17-9-5-6-10-19(17)27-20/h2-10,27H,11-14H2,1H3,(H,28,29,31). The quantitative estimate of drug-likeness (QED) is 0.419. The van der Waals surface area contributed by atoms with Crippen molar-refractivity contribution in [1.29, 1.82) is 0 Å². The second-order valence-corrected chi connectivity index (χ2v) is 9.51. The molecule has 1 amide bonds. The molecule has 2 N–H and O–H groups in total. The summed E-state index contributed by atoms with van der Waals surface area (Å²) in [6, 6.07) is 18.1. The molecule has 0 aliphatic carbocycles. The summed E-state index contributed by atoms with van der Waals surface area (Å²) in [6.07, 6.45) is 1.33. The highest BCUT2D eigenvalue weighted by molar-refractivity contribution is 7.20. The van der Waals surface area contributed by atoms with Gasteiger partial charge in [0.25, 0.3) is 11.5 Å². The number of hydrogen-bond acceptors (Lipinski definition) is 4. The van der Waals surface area contributed by atoms with Crippen molar-refractivity contribution < 1.29 is 4.79 Å². The third-order valence-corrected chi connectivity index (χ3v) is 7.60. The molecular weight excluding hydrogens is 432 g/mol. The molecule has 0 atom stereocenters. The zero-order chi connectivity index (χ0) is 22.5. The van der Waals surface area contributed by atoms with Crippen LogP contribution < -0.4 is 5.56 Å². The highest BCUT2D eigenvalue weighted by Crippen LogP contribution is 2.32. The van der Waals surface area contributed by atoms with Gasteiger partial charge in [-0.1, -0.05) is 48.5 Å². The summed E-state index contributed by atoms with van der Waals surface area (Å²) in [5.41, 5.74) is 5.10. The van der Waals surface area contributed by atoms with Crippen LogP contribution in [0.25, 0.3) is 21.1 Å². The Labute approximate surface area is 193 Å². The molecule has 2 aromatic carbocycles. The van der Waals surface area contributed by atoms with Gasteiger partial charge in [-0.15, -0.1) is 11.3 Å². The molecule has 0 radical (unpaired) electrons. The maximum Gasteiger partial charge on any atom is 0.264 e. The van der Waals surface area contributed by atoms with Crippen LogP contribution >= 0.6 is 11.3 Å². The first kappa shape index (κ1) is 19.9. The van der Waals surface area contributed by atoms with Crippen molar-refractivity contribution in [2.45, 2.75) is 26.3 Å². The lowest BCUT2D eigenvalue weighted by atomic mass is 10.0. The van der Waals surface area contributed by atoms with Gasteiger partial charge in [-0.3, -0.25) is 9.59 Å².